The second-order valence-electron chi connectivity index (χ2n) is 5.14. The molecule has 0 aliphatic carbocycles. The Balaban J connectivity index is 2.43. The van der Waals surface area contributed by atoms with Crippen LogP contribution in [-0.2, 0) is 0 Å². The van der Waals surface area contributed by atoms with Gasteiger partial charge in [-0.05, 0) is 49.9 Å². The Bertz CT molecular complexity index is 580. The van der Waals surface area contributed by atoms with Crippen molar-refractivity contribution in [3.05, 3.63) is 51.5 Å². The van der Waals surface area contributed by atoms with Crippen molar-refractivity contribution in [3.63, 3.8) is 0 Å². The molecule has 0 fully saturated rings. The molecule has 0 radical (unpaired) electrons. The molecular formula is C16H20FNOS. The summed E-state index contributed by atoms with van der Waals surface area (Å²) in [6.07, 6.45) is -0.696. The summed E-state index contributed by atoms with van der Waals surface area (Å²) >= 11 is 1.70. The highest BCUT2D eigenvalue weighted by Gasteiger charge is 2.19. The third-order valence-corrected chi connectivity index (χ3v) is 4.72. The SMILES string of the molecule is Cc1cc(N(C)C(C)c2cccs2)c([C@@H](C)O)cc1F. The van der Waals surface area contributed by atoms with Gasteiger partial charge in [0.05, 0.1) is 12.1 Å². The van der Waals surface area contributed by atoms with Gasteiger partial charge in [0.15, 0.2) is 0 Å². The predicted molar refractivity (Wildman–Crippen MR) is 82.9 cm³/mol. The monoisotopic (exact) mass is 293 g/mol. The Morgan fingerprint density at radius 3 is 2.55 bits per heavy atom. The molecule has 0 saturated carbocycles. The Labute approximate surface area is 123 Å². The largest absolute Gasteiger partial charge is 0.389 e. The summed E-state index contributed by atoms with van der Waals surface area (Å²) in [5.74, 6) is -0.276. The summed E-state index contributed by atoms with van der Waals surface area (Å²) in [5, 5.41) is 11.9. The van der Waals surface area contributed by atoms with Crippen molar-refractivity contribution in [1.82, 2.24) is 0 Å². The minimum Gasteiger partial charge on any atom is -0.389 e. The zero-order valence-corrected chi connectivity index (χ0v) is 13.0. The number of hydrogen-bond donors (Lipinski definition) is 1. The van der Waals surface area contributed by atoms with Crippen molar-refractivity contribution in [1.29, 1.82) is 0 Å². The lowest BCUT2D eigenvalue weighted by Crippen LogP contribution is -2.23. The second-order valence-corrected chi connectivity index (χ2v) is 6.12. The minimum absolute atomic E-state index is 0.178. The smallest absolute Gasteiger partial charge is 0.126 e. The van der Waals surface area contributed by atoms with E-state index in [1.54, 1.807) is 25.2 Å². The Kier molecular flexibility index (Phi) is 4.45. The van der Waals surface area contributed by atoms with Crippen LogP contribution in [0.3, 0.4) is 0 Å². The van der Waals surface area contributed by atoms with Gasteiger partial charge >= 0.3 is 0 Å². The third kappa shape index (κ3) is 2.86. The molecule has 20 heavy (non-hydrogen) atoms. The lowest BCUT2D eigenvalue weighted by Gasteiger charge is -2.29. The fraction of sp³-hybridized carbons (Fsp3) is 0.375. The van der Waals surface area contributed by atoms with Crippen LogP contribution in [-0.4, -0.2) is 12.2 Å². The van der Waals surface area contributed by atoms with Gasteiger partial charge in [-0.15, -0.1) is 11.3 Å². The zero-order valence-electron chi connectivity index (χ0n) is 12.2. The van der Waals surface area contributed by atoms with E-state index in [9.17, 15) is 9.50 Å². The van der Waals surface area contributed by atoms with Crippen molar-refractivity contribution < 1.29 is 9.50 Å². The quantitative estimate of drug-likeness (QED) is 0.900. The summed E-state index contributed by atoms with van der Waals surface area (Å²) in [5.41, 5.74) is 2.09. The van der Waals surface area contributed by atoms with E-state index in [0.29, 0.717) is 11.1 Å². The van der Waals surface area contributed by atoms with Gasteiger partial charge in [0.25, 0.3) is 0 Å². The van der Waals surface area contributed by atoms with E-state index in [0.717, 1.165) is 5.69 Å². The van der Waals surface area contributed by atoms with Crippen molar-refractivity contribution >= 4 is 17.0 Å². The summed E-state index contributed by atoms with van der Waals surface area (Å²) in [7, 11) is 1.98. The van der Waals surface area contributed by atoms with E-state index in [1.807, 2.05) is 24.6 Å². The van der Waals surface area contributed by atoms with Crippen LogP contribution in [0.1, 0.15) is 42.0 Å². The van der Waals surface area contributed by atoms with Crippen molar-refractivity contribution in [2.24, 2.45) is 0 Å². The molecule has 1 unspecified atom stereocenters. The molecule has 4 heteroatoms. The van der Waals surface area contributed by atoms with Crippen LogP contribution < -0.4 is 4.90 Å². The molecule has 0 saturated heterocycles. The predicted octanol–water partition coefficient (Wildman–Crippen LogP) is 4.45. The first kappa shape index (κ1) is 15.0. The molecule has 1 aromatic heterocycles. The molecule has 2 atom stereocenters. The second kappa shape index (κ2) is 5.94. The van der Waals surface area contributed by atoms with Crippen molar-refractivity contribution in [2.75, 3.05) is 11.9 Å². The number of nitrogens with zero attached hydrogens (tertiary/aromatic N) is 1. The summed E-state index contributed by atoms with van der Waals surface area (Å²) in [4.78, 5) is 3.33. The third-order valence-electron chi connectivity index (χ3n) is 3.67. The van der Waals surface area contributed by atoms with Crippen LogP contribution in [0.15, 0.2) is 29.6 Å². The Morgan fingerprint density at radius 1 is 1.30 bits per heavy atom. The molecule has 0 bridgehead atoms. The number of thiophene rings is 1. The molecule has 0 aliphatic heterocycles. The maximum absolute atomic E-state index is 13.7. The van der Waals surface area contributed by atoms with Gasteiger partial charge in [-0.3, -0.25) is 0 Å². The first-order chi connectivity index (χ1) is 9.41. The molecule has 2 nitrogen and oxygen atoms in total. The van der Waals surface area contributed by atoms with Crippen LogP contribution in [0.2, 0.25) is 0 Å². The maximum Gasteiger partial charge on any atom is 0.126 e. The number of halogens is 1. The van der Waals surface area contributed by atoms with Crippen molar-refractivity contribution in [3.8, 4) is 0 Å². The number of aliphatic hydroxyl groups excluding tert-OH is 1. The molecule has 2 rings (SSSR count). The molecule has 1 aromatic carbocycles. The van der Waals surface area contributed by atoms with Crippen molar-refractivity contribution in [2.45, 2.75) is 32.9 Å². The molecule has 0 spiro atoms. The zero-order chi connectivity index (χ0) is 14.9. The van der Waals surface area contributed by atoms with E-state index in [-0.39, 0.29) is 11.9 Å². The normalized spacial score (nSPS) is 14.1. The molecular weight excluding hydrogens is 273 g/mol. The number of aryl methyl sites for hydroxylation is 1. The fourth-order valence-electron chi connectivity index (χ4n) is 2.25. The highest BCUT2D eigenvalue weighted by molar-refractivity contribution is 7.10. The summed E-state index contributed by atoms with van der Waals surface area (Å²) < 4.78 is 13.7. The van der Waals surface area contributed by atoms with Gasteiger partial charge in [-0.1, -0.05) is 6.07 Å². The van der Waals surface area contributed by atoms with Gasteiger partial charge in [0, 0.05) is 23.2 Å². The highest BCUT2D eigenvalue weighted by Crippen LogP contribution is 2.34. The first-order valence-electron chi connectivity index (χ1n) is 6.66. The van der Waals surface area contributed by atoms with Crippen LogP contribution >= 0.6 is 11.3 Å². The molecule has 108 valence electrons. The summed E-state index contributed by atoms with van der Waals surface area (Å²) in [6, 6.07) is 7.53. The molecule has 2 aromatic rings. The number of rotatable bonds is 4. The van der Waals surface area contributed by atoms with Crippen LogP contribution in [0.25, 0.3) is 0 Å². The Hall–Kier alpha value is -1.39. The summed E-state index contributed by atoms with van der Waals surface area (Å²) in [6.45, 7) is 5.52. The topological polar surface area (TPSA) is 23.5 Å². The maximum atomic E-state index is 13.7. The fourth-order valence-corrected chi connectivity index (χ4v) is 3.08. The number of aliphatic hydroxyl groups is 1. The van der Waals surface area contributed by atoms with Gasteiger partial charge in [0.2, 0.25) is 0 Å². The van der Waals surface area contributed by atoms with E-state index in [1.165, 1.54) is 10.9 Å². The molecule has 1 heterocycles. The average Bonchev–Trinajstić information content (AvgIpc) is 2.93. The average molecular weight is 293 g/mol. The van der Waals surface area contributed by atoms with Gasteiger partial charge in [-0.25, -0.2) is 4.39 Å². The van der Waals surface area contributed by atoms with Crippen LogP contribution in [0.5, 0.6) is 0 Å². The highest BCUT2D eigenvalue weighted by atomic mass is 32.1. The molecule has 0 amide bonds. The van der Waals surface area contributed by atoms with E-state index >= 15 is 0 Å². The van der Waals surface area contributed by atoms with Gasteiger partial charge in [-0.2, -0.15) is 0 Å². The number of hydrogen-bond acceptors (Lipinski definition) is 3. The van der Waals surface area contributed by atoms with Gasteiger partial charge in [0.1, 0.15) is 5.82 Å². The minimum atomic E-state index is -0.696. The van der Waals surface area contributed by atoms with Gasteiger partial charge < -0.3 is 10.0 Å². The standard InChI is InChI=1S/C16H20FNOS/c1-10-8-15(13(12(3)19)9-14(10)17)18(4)11(2)16-6-5-7-20-16/h5-9,11-12,19H,1-4H3/t11?,12-/m1/s1. The van der Waals surface area contributed by atoms with Crippen LogP contribution in [0, 0.1) is 12.7 Å². The number of benzene rings is 1. The first-order valence-corrected chi connectivity index (χ1v) is 7.54. The molecule has 1 N–H and O–H groups in total. The number of anilines is 1. The lowest BCUT2D eigenvalue weighted by atomic mass is 10.0. The van der Waals surface area contributed by atoms with Crippen LogP contribution in [0.4, 0.5) is 10.1 Å². The molecule has 0 aliphatic rings. The van der Waals surface area contributed by atoms with E-state index in [2.05, 4.69) is 17.9 Å². The lowest BCUT2D eigenvalue weighted by molar-refractivity contribution is 0.199. The van der Waals surface area contributed by atoms with E-state index in [4.69, 9.17) is 0 Å². The van der Waals surface area contributed by atoms with E-state index < -0.39 is 6.10 Å². The Morgan fingerprint density at radius 2 is 2.00 bits per heavy atom.